The summed E-state index contributed by atoms with van der Waals surface area (Å²) in [6.45, 7) is 6.82. The first-order valence-electron chi connectivity index (χ1n) is 7.07. The minimum absolute atomic E-state index is 0.465. The number of methoxy groups -OCH3 is 1. The molecule has 2 rings (SSSR count). The molecule has 0 unspecified atom stereocenters. The SMILES string of the molecule is COCCNCc1cn(Cc2noc(CC(C)C)n2)nn1. The van der Waals surface area contributed by atoms with Crippen molar-refractivity contribution in [3.05, 3.63) is 23.6 Å². The largest absolute Gasteiger partial charge is 0.383 e. The minimum Gasteiger partial charge on any atom is -0.383 e. The Morgan fingerprint density at radius 2 is 2.29 bits per heavy atom. The molecular formula is C13H22N6O2. The van der Waals surface area contributed by atoms with Crippen LogP contribution in [-0.2, 0) is 24.2 Å². The highest BCUT2D eigenvalue weighted by Gasteiger charge is 2.09. The van der Waals surface area contributed by atoms with Crippen LogP contribution in [0.2, 0.25) is 0 Å². The predicted octanol–water partition coefficient (Wildman–Crippen LogP) is 0.644. The second-order valence-electron chi connectivity index (χ2n) is 5.28. The molecule has 1 N–H and O–H groups in total. The Morgan fingerprint density at radius 3 is 3.05 bits per heavy atom. The van der Waals surface area contributed by atoms with Crippen molar-refractivity contribution in [2.45, 2.75) is 33.4 Å². The van der Waals surface area contributed by atoms with Crippen molar-refractivity contribution in [3.63, 3.8) is 0 Å². The number of aromatic nitrogens is 5. The van der Waals surface area contributed by atoms with Gasteiger partial charge in [-0.3, -0.25) is 0 Å². The van der Waals surface area contributed by atoms with Crippen molar-refractivity contribution in [3.8, 4) is 0 Å². The van der Waals surface area contributed by atoms with Gasteiger partial charge in [0.05, 0.1) is 18.5 Å². The van der Waals surface area contributed by atoms with E-state index in [2.05, 4.69) is 39.6 Å². The molecule has 2 aromatic heterocycles. The number of nitrogens with one attached hydrogen (secondary N) is 1. The molecule has 0 aromatic carbocycles. The van der Waals surface area contributed by atoms with Gasteiger partial charge < -0.3 is 14.6 Å². The third kappa shape index (κ3) is 5.24. The Balaban J connectivity index is 1.83. The van der Waals surface area contributed by atoms with E-state index in [1.54, 1.807) is 11.8 Å². The molecule has 0 spiro atoms. The summed E-state index contributed by atoms with van der Waals surface area (Å²) >= 11 is 0. The molecule has 0 saturated heterocycles. The highest BCUT2D eigenvalue weighted by molar-refractivity contribution is 4.94. The molecule has 0 atom stereocenters. The summed E-state index contributed by atoms with van der Waals surface area (Å²) in [5.41, 5.74) is 0.872. The van der Waals surface area contributed by atoms with Gasteiger partial charge >= 0.3 is 0 Å². The second kappa shape index (κ2) is 7.84. The third-order valence-electron chi connectivity index (χ3n) is 2.77. The molecule has 0 bridgehead atoms. The fourth-order valence-corrected chi connectivity index (χ4v) is 1.82. The van der Waals surface area contributed by atoms with Gasteiger partial charge in [-0.2, -0.15) is 4.98 Å². The first-order chi connectivity index (χ1) is 10.2. The molecule has 0 amide bonds. The molecule has 0 fully saturated rings. The van der Waals surface area contributed by atoms with E-state index in [9.17, 15) is 0 Å². The van der Waals surface area contributed by atoms with Gasteiger partial charge in [0.25, 0.3) is 0 Å². The third-order valence-corrected chi connectivity index (χ3v) is 2.77. The van der Waals surface area contributed by atoms with Crippen LogP contribution >= 0.6 is 0 Å². The number of hydrogen-bond donors (Lipinski definition) is 1. The van der Waals surface area contributed by atoms with Gasteiger partial charge in [0, 0.05) is 26.6 Å². The Kier molecular flexibility index (Phi) is 5.82. The van der Waals surface area contributed by atoms with Gasteiger partial charge in [-0.25, -0.2) is 4.68 Å². The average Bonchev–Trinajstić information content (AvgIpc) is 3.05. The molecule has 2 aromatic rings. The Hall–Kier alpha value is -1.80. The van der Waals surface area contributed by atoms with Gasteiger partial charge in [-0.1, -0.05) is 24.2 Å². The maximum absolute atomic E-state index is 5.20. The van der Waals surface area contributed by atoms with Crippen molar-refractivity contribution in [2.24, 2.45) is 5.92 Å². The normalized spacial score (nSPS) is 11.4. The summed E-state index contributed by atoms with van der Waals surface area (Å²) in [6.07, 6.45) is 2.66. The smallest absolute Gasteiger partial charge is 0.226 e. The zero-order valence-electron chi connectivity index (χ0n) is 12.7. The van der Waals surface area contributed by atoms with Crippen LogP contribution in [0.5, 0.6) is 0 Å². The van der Waals surface area contributed by atoms with E-state index >= 15 is 0 Å². The molecule has 0 radical (unpaired) electrons. The van der Waals surface area contributed by atoms with Crippen LogP contribution in [0.1, 0.15) is 31.3 Å². The van der Waals surface area contributed by atoms with Crippen LogP contribution in [0, 0.1) is 5.92 Å². The zero-order chi connectivity index (χ0) is 15.1. The van der Waals surface area contributed by atoms with E-state index in [1.165, 1.54) is 0 Å². The number of hydrogen-bond acceptors (Lipinski definition) is 7. The lowest BCUT2D eigenvalue weighted by atomic mass is 10.1. The highest BCUT2D eigenvalue weighted by Crippen LogP contribution is 2.06. The zero-order valence-corrected chi connectivity index (χ0v) is 12.7. The maximum atomic E-state index is 5.20. The van der Waals surface area contributed by atoms with E-state index in [-0.39, 0.29) is 0 Å². The molecular weight excluding hydrogens is 272 g/mol. The Bertz CT molecular complexity index is 536. The van der Waals surface area contributed by atoms with Crippen LogP contribution in [-0.4, -0.2) is 45.4 Å². The number of nitrogens with zero attached hydrogens (tertiary/aromatic N) is 5. The number of rotatable bonds is 9. The van der Waals surface area contributed by atoms with Crippen LogP contribution < -0.4 is 5.32 Å². The first kappa shape index (κ1) is 15.6. The van der Waals surface area contributed by atoms with Crippen molar-refractivity contribution in [1.82, 2.24) is 30.5 Å². The Morgan fingerprint density at radius 1 is 1.43 bits per heavy atom. The average molecular weight is 294 g/mol. The summed E-state index contributed by atoms with van der Waals surface area (Å²) in [6, 6.07) is 0. The monoisotopic (exact) mass is 294 g/mol. The van der Waals surface area contributed by atoms with Gasteiger partial charge in [-0.15, -0.1) is 5.10 Å². The minimum atomic E-state index is 0.465. The molecule has 8 nitrogen and oxygen atoms in total. The molecule has 116 valence electrons. The maximum Gasteiger partial charge on any atom is 0.226 e. The highest BCUT2D eigenvalue weighted by atomic mass is 16.5. The second-order valence-corrected chi connectivity index (χ2v) is 5.28. The molecule has 8 heteroatoms. The standard InChI is InChI=1S/C13H22N6O2/c1-10(2)6-13-15-12(17-21-13)9-19-8-11(16-18-19)7-14-4-5-20-3/h8,10,14H,4-7,9H2,1-3H3. The molecule has 0 saturated carbocycles. The lowest BCUT2D eigenvalue weighted by molar-refractivity contribution is 0.199. The van der Waals surface area contributed by atoms with E-state index in [1.807, 2.05) is 6.20 Å². The van der Waals surface area contributed by atoms with E-state index in [4.69, 9.17) is 9.26 Å². The molecule has 0 aliphatic rings. The fraction of sp³-hybridized carbons (Fsp3) is 0.692. The van der Waals surface area contributed by atoms with E-state index in [0.29, 0.717) is 37.3 Å². The Labute approximate surface area is 123 Å². The molecule has 21 heavy (non-hydrogen) atoms. The summed E-state index contributed by atoms with van der Waals surface area (Å²) in [4.78, 5) is 4.34. The quantitative estimate of drug-likeness (QED) is 0.679. The van der Waals surface area contributed by atoms with Crippen LogP contribution in [0.25, 0.3) is 0 Å². The summed E-state index contributed by atoms with van der Waals surface area (Å²) in [7, 11) is 1.68. The summed E-state index contributed by atoms with van der Waals surface area (Å²) in [5.74, 6) is 1.78. The van der Waals surface area contributed by atoms with Gasteiger partial charge in [0.1, 0.15) is 6.54 Å². The molecule has 0 aliphatic heterocycles. The van der Waals surface area contributed by atoms with Crippen LogP contribution in [0.15, 0.2) is 10.7 Å². The predicted molar refractivity (Wildman–Crippen MR) is 75.5 cm³/mol. The molecule has 0 aliphatic carbocycles. The fourth-order valence-electron chi connectivity index (χ4n) is 1.82. The van der Waals surface area contributed by atoms with Crippen LogP contribution in [0.4, 0.5) is 0 Å². The molecule has 2 heterocycles. The summed E-state index contributed by atoms with van der Waals surface area (Å²) < 4.78 is 11.9. The van der Waals surface area contributed by atoms with Crippen molar-refractivity contribution in [1.29, 1.82) is 0 Å². The van der Waals surface area contributed by atoms with Gasteiger partial charge in [0.15, 0.2) is 5.82 Å². The van der Waals surface area contributed by atoms with Crippen molar-refractivity contribution in [2.75, 3.05) is 20.3 Å². The number of ether oxygens (including phenoxy) is 1. The van der Waals surface area contributed by atoms with Gasteiger partial charge in [0.2, 0.25) is 5.89 Å². The van der Waals surface area contributed by atoms with E-state index in [0.717, 1.165) is 18.7 Å². The topological polar surface area (TPSA) is 90.9 Å². The van der Waals surface area contributed by atoms with Crippen LogP contribution in [0.3, 0.4) is 0 Å². The van der Waals surface area contributed by atoms with Crippen molar-refractivity contribution < 1.29 is 9.26 Å². The van der Waals surface area contributed by atoms with E-state index < -0.39 is 0 Å². The van der Waals surface area contributed by atoms with Crippen molar-refractivity contribution >= 4 is 0 Å². The lowest BCUT2D eigenvalue weighted by Crippen LogP contribution is -2.18. The first-order valence-corrected chi connectivity index (χ1v) is 7.07. The lowest BCUT2D eigenvalue weighted by Gasteiger charge is -1.99. The summed E-state index contributed by atoms with van der Waals surface area (Å²) in [5, 5.41) is 15.3. The van der Waals surface area contributed by atoms with Gasteiger partial charge in [-0.05, 0) is 5.92 Å².